The molecule has 0 bridgehead atoms. The molecule has 0 aliphatic heterocycles. The molecular weight excluding hydrogens is 575 g/mol. The van der Waals surface area contributed by atoms with Crippen molar-refractivity contribution in [3.8, 4) is 0 Å². The van der Waals surface area contributed by atoms with Crippen LogP contribution >= 0.6 is 23.2 Å². The number of halogens is 2. The van der Waals surface area contributed by atoms with Gasteiger partial charge in [-0.15, -0.1) is 0 Å². The van der Waals surface area contributed by atoms with Gasteiger partial charge in [0.15, 0.2) is 0 Å². The van der Waals surface area contributed by atoms with Crippen LogP contribution in [0.5, 0.6) is 0 Å². The van der Waals surface area contributed by atoms with Crippen LogP contribution < -0.4 is 10.7 Å². The highest BCUT2D eigenvalue weighted by Crippen LogP contribution is 2.24. The zero-order valence-corrected chi connectivity index (χ0v) is 23.3. The number of hydrogen-bond acceptors (Lipinski definition) is 6. The molecule has 4 aromatic rings. The fraction of sp³-hybridized carbons (Fsp3) is 0.107. The van der Waals surface area contributed by atoms with Gasteiger partial charge in [-0.25, -0.2) is 13.8 Å². The summed E-state index contributed by atoms with van der Waals surface area (Å²) in [6.45, 7) is 0.167. The van der Waals surface area contributed by atoms with E-state index in [1.165, 1.54) is 34.8 Å². The van der Waals surface area contributed by atoms with E-state index in [2.05, 4.69) is 15.8 Å². The molecule has 12 heteroatoms. The quantitative estimate of drug-likeness (QED) is 0.155. The Bertz CT molecular complexity index is 1590. The van der Waals surface area contributed by atoms with Crippen molar-refractivity contribution in [2.45, 2.75) is 24.5 Å². The SMILES string of the molecule is O=C(NCc1ccccc1)C(=O)N/N=C/c1ccc(CN(Cc2ccc(Cl)cc2)S(=O)(=O)c2ccc(Cl)cc2)o1. The highest BCUT2D eigenvalue weighted by molar-refractivity contribution is 7.89. The summed E-state index contributed by atoms with van der Waals surface area (Å²) in [4.78, 5) is 24.1. The topological polar surface area (TPSA) is 121 Å². The maximum atomic E-state index is 13.5. The molecule has 0 spiro atoms. The van der Waals surface area contributed by atoms with Gasteiger partial charge in [0.05, 0.1) is 17.7 Å². The molecule has 0 radical (unpaired) electrons. The lowest BCUT2D eigenvalue weighted by atomic mass is 10.2. The average Bonchev–Trinajstić information content (AvgIpc) is 3.40. The molecule has 206 valence electrons. The van der Waals surface area contributed by atoms with Crippen molar-refractivity contribution < 1.29 is 22.4 Å². The van der Waals surface area contributed by atoms with Gasteiger partial charge in [-0.1, -0.05) is 65.7 Å². The van der Waals surface area contributed by atoms with Crippen molar-refractivity contribution in [2.24, 2.45) is 5.10 Å². The number of rotatable bonds is 10. The van der Waals surface area contributed by atoms with Gasteiger partial charge in [0.1, 0.15) is 11.5 Å². The van der Waals surface area contributed by atoms with Crippen molar-refractivity contribution in [1.29, 1.82) is 0 Å². The van der Waals surface area contributed by atoms with E-state index in [1.807, 2.05) is 30.3 Å². The summed E-state index contributed by atoms with van der Waals surface area (Å²) >= 11 is 11.9. The lowest BCUT2D eigenvalue weighted by molar-refractivity contribution is -0.139. The number of nitrogens with one attached hydrogen (secondary N) is 2. The van der Waals surface area contributed by atoms with Crippen LogP contribution in [0, 0.1) is 0 Å². The fourth-order valence-corrected chi connectivity index (χ4v) is 5.21. The molecule has 0 saturated heterocycles. The van der Waals surface area contributed by atoms with Crippen LogP contribution in [0.15, 0.2) is 105 Å². The third kappa shape index (κ3) is 8.03. The molecule has 1 aromatic heterocycles. The first-order valence-corrected chi connectivity index (χ1v) is 14.1. The first-order chi connectivity index (χ1) is 19.2. The molecule has 4 rings (SSSR count). The molecule has 2 amide bonds. The highest BCUT2D eigenvalue weighted by atomic mass is 35.5. The second kappa shape index (κ2) is 13.4. The molecule has 9 nitrogen and oxygen atoms in total. The molecule has 1 heterocycles. The van der Waals surface area contributed by atoms with E-state index in [0.29, 0.717) is 15.8 Å². The first kappa shape index (κ1) is 29.0. The van der Waals surface area contributed by atoms with Crippen molar-refractivity contribution >= 4 is 51.3 Å². The standard InChI is InChI=1S/C28H24Cl2N4O5S/c29-22-8-6-21(7-9-22)18-34(40(37,38)26-14-10-23(30)11-15-26)19-25-13-12-24(39-25)17-32-33-28(36)27(35)31-16-20-4-2-1-3-5-20/h1-15,17H,16,18-19H2,(H,31,35)(H,33,36)/b32-17+. The summed E-state index contributed by atoms with van der Waals surface area (Å²) in [7, 11) is -3.93. The maximum Gasteiger partial charge on any atom is 0.329 e. The Labute approximate surface area is 241 Å². The molecule has 3 aromatic carbocycles. The van der Waals surface area contributed by atoms with E-state index in [0.717, 1.165) is 11.1 Å². The molecule has 0 aliphatic carbocycles. The van der Waals surface area contributed by atoms with Crippen molar-refractivity contribution in [1.82, 2.24) is 15.0 Å². The summed E-state index contributed by atoms with van der Waals surface area (Å²) < 4.78 is 33.9. The number of furan rings is 1. The van der Waals surface area contributed by atoms with E-state index in [4.69, 9.17) is 27.6 Å². The predicted molar refractivity (Wildman–Crippen MR) is 152 cm³/mol. The van der Waals surface area contributed by atoms with Gasteiger partial charge < -0.3 is 9.73 Å². The third-order valence-electron chi connectivity index (χ3n) is 5.60. The first-order valence-electron chi connectivity index (χ1n) is 11.9. The molecule has 0 aliphatic rings. The number of hydrogen-bond donors (Lipinski definition) is 2. The number of amides is 2. The Morgan fingerprint density at radius 2 is 1.45 bits per heavy atom. The molecular formula is C28H24Cl2N4O5S. The number of carbonyl (C=O) groups excluding carboxylic acids is 2. The molecule has 0 unspecified atom stereocenters. The van der Waals surface area contributed by atoms with Crippen LogP contribution in [0.4, 0.5) is 0 Å². The minimum Gasteiger partial charge on any atom is -0.459 e. The van der Waals surface area contributed by atoms with Crippen LogP contribution in [-0.4, -0.2) is 30.8 Å². The van der Waals surface area contributed by atoms with E-state index >= 15 is 0 Å². The van der Waals surface area contributed by atoms with Crippen molar-refractivity contribution in [3.63, 3.8) is 0 Å². The van der Waals surface area contributed by atoms with Gasteiger partial charge in [-0.2, -0.15) is 9.41 Å². The smallest absolute Gasteiger partial charge is 0.329 e. The molecule has 0 fully saturated rings. The van der Waals surface area contributed by atoms with Crippen molar-refractivity contribution in [2.75, 3.05) is 0 Å². The molecule has 40 heavy (non-hydrogen) atoms. The number of benzene rings is 3. The fourth-order valence-electron chi connectivity index (χ4n) is 3.56. The average molecular weight is 599 g/mol. The van der Waals surface area contributed by atoms with E-state index in [1.54, 1.807) is 36.4 Å². The number of nitrogens with zero attached hydrogens (tertiary/aromatic N) is 2. The van der Waals surface area contributed by atoms with Gasteiger partial charge in [0.2, 0.25) is 10.0 Å². The van der Waals surface area contributed by atoms with Crippen LogP contribution in [0.2, 0.25) is 10.0 Å². The zero-order valence-electron chi connectivity index (χ0n) is 21.0. The van der Waals surface area contributed by atoms with Gasteiger partial charge in [-0.3, -0.25) is 9.59 Å². The van der Waals surface area contributed by atoms with Gasteiger partial charge in [0.25, 0.3) is 0 Å². The summed E-state index contributed by atoms with van der Waals surface area (Å²) in [6, 6.07) is 25.0. The van der Waals surface area contributed by atoms with Gasteiger partial charge in [-0.05, 0) is 59.7 Å². The van der Waals surface area contributed by atoms with Crippen LogP contribution in [0.3, 0.4) is 0 Å². The minimum absolute atomic E-state index is 0.0560. The Hall–Kier alpha value is -3.96. The minimum atomic E-state index is -3.93. The van der Waals surface area contributed by atoms with Crippen LogP contribution in [0.1, 0.15) is 22.6 Å². The van der Waals surface area contributed by atoms with Crippen molar-refractivity contribution in [3.05, 3.63) is 124 Å². The van der Waals surface area contributed by atoms with Crippen LogP contribution in [0.25, 0.3) is 0 Å². The Morgan fingerprint density at radius 1 is 0.800 bits per heavy atom. The number of sulfonamides is 1. The lowest BCUT2D eigenvalue weighted by Gasteiger charge is -2.21. The molecule has 0 atom stereocenters. The summed E-state index contributed by atoms with van der Waals surface area (Å²) in [5.41, 5.74) is 3.71. The van der Waals surface area contributed by atoms with E-state index < -0.39 is 21.8 Å². The second-order valence-corrected chi connectivity index (χ2v) is 11.3. The van der Waals surface area contributed by atoms with E-state index in [-0.39, 0.29) is 30.3 Å². The van der Waals surface area contributed by atoms with Gasteiger partial charge >= 0.3 is 11.8 Å². The zero-order chi connectivity index (χ0) is 28.5. The normalized spacial score (nSPS) is 11.6. The Morgan fingerprint density at radius 3 is 2.12 bits per heavy atom. The number of hydrazone groups is 1. The number of carbonyl (C=O) groups is 2. The summed E-state index contributed by atoms with van der Waals surface area (Å²) in [6.07, 6.45) is 1.21. The highest BCUT2D eigenvalue weighted by Gasteiger charge is 2.26. The summed E-state index contributed by atoms with van der Waals surface area (Å²) in [5, 5.41) is 7.21. The monoisotopic (exact) mass is 598 g/mol. The van der Waals surface area contributed by atoms with Gasteiger partial charge in [0, 0.05) is 23.1 Å². The predicted octanol–water partition coefficient (Wildman–Crippen LogP) is 4.74. The lowest BCUT2D eigenvalue weighted by Crippen LogP contribution is -2.37. The Balaban J connectivity index is 1.41. The molecule has 2 N–H and O–H groups in total. The third-order valence-corrected chi connectivity index (χ3v) is 7.91. The summed E-state index contributed by atoms with van der Waals surface area (Å²) in [5.74, 6) is -1.20. The Kier molecular flexibility index (Phi) is 9.73. The van der Waals surface area contributed by atoms with Crippen LogP contribution in [-0.2, 0) is 39.2 Å². The van der Waals surface area contributed by atoms with E-state index in [9.17, 15) is 18.0 Å². The second-order valence-electron chi connectivity index (χ2n) is 8.52. The molecule has 0 saturated carbocycles. The largest absolute Gasteiger partial charge is 0.459 e. The maximum absolute atomic E-state index is 13.5.